The van der Waals surface area contributed by atoms with Crippen LogP contribution in [0.3, 0.4) is 0 Å². The number of nitrogens with one attached hydrogen (secondary N) is 1. The molecule has 0 spiro atoms. The number of fused-ring (bicyclic) bond motifs is 1. The van der Waals surface area contributed by atoms with Crippen LogP contribution in [0.25, 0.3) is 10.9 Å². The Bertz CT molecular complexity index is 1350. The second-order valence-electron chi connectivity index (χ2n) is 8.14. The summed E-state index contributed by atoms with van der Waals surface area (Å²) in [5.74, 6) is -0.0222. The zero-order valence-electron chi connectivity index (χ0n) is 18.6. The second-order valence-corrected chi connectivity index (χ2v) is 9.17. The summed E-state index contributed by atoms with van der Waals surface area (Å²) < 4.78 is 2.97. The van der Waals surface area contributed by atoms with Crippen molar-refractivity contribution in [1.82, 2.24) is 14.5 Å². The van der Waals surface area contributed by atoms with E-state index in [1.165, 1.54) is 4.57 Å². The lowest BCUT2D eigenvalue weighted by Gasteiger charge is -2.14. The maximum absolute atomic E-state index is 13.3. The summed E-state index contributed by atoms with van der Waals surface area (Å²) in [6, 6.07) is 19.2. The summed E-state index contributed by atoms with van der Waals surface area (Å²) in [4.78, 5) is 39.5. The number of aryl methyl sites for hydroxylation is 1. The van der Waals surface area contributed by atoms with Gasteiger partial charge in [0.05, 0.1) is 24.0 Å². The van der Waals surface area contributed by atoms with Gasteiger partial charge in [0, 0.05) is 17.8 Å². The van der Waals surface area contributed by atoms with Gasteiger partial charge in [-0.2, -0.15) is 0 Å². The zero-order chi connectivity index (χ0) is 23.2. The van der Waals surface area contributed by atoms with Crippen molar-refractivity contribution in [1.29, 1.82) is 0 Å². The van der Waals surface area contributed by atoms with Crippen molar-refractivity contribution in [3.8, 4) is 0 Å². The minimum Gasteiger partial charge on any atom is -0.351 e. The van der Waals surface area contributed by atoms with Crippen molar-refractivity contribution in [3.63, 3.8) is 0 Å². The highest BCUT2D eigenvalue weighted by molar-refractivity contribution is 7.09. The molecule has 33 heavy (non-hydrogen) atoms. The number of aromatic nitrogens is 2. The lowest BCUT2D eigenvalue weighted by molar-refractivity contribution is -0.121. The van der Waals surface area contributed by atoms with Crippen molar-refractivity contribution in [2.24, 2.45) is 0 Å². The minimum atomic E-state index is -0.318. The molecule has 0 atom stereocenters. The number of nitrogens with zero attached hydrogens (tertiary/aromatic N) is 2. The molecule has 2 aromatic heterocycles. The van der Waals surface area contributed by atoms with Crippen LogP contribution in [0.4, 0.5) is 0 Å². The maximum Gasteiger partial charge on any atom is 0.331 e. The number of amides is 1. The fourth-order valence-corrected chi connectivity index (χ4v) is 4.48. The maximum atomic E-state index is 13.3. The van der Waals surface area contributed by atoms with Crippen LogP contribution in [-0.4, -0.2) is 15.0 Å². The summed E-state index contributed by atoms with van der Waals surface area (Å²) in [6.07, 6.45) is 1.54. The molecule has 7 heteroatoms. The second kappa shape index (κ2) is 10.4. The lowest BCUT2D eigenvalue weighted by atomic mass is 10.1. The summed E-state index contributed by atoms with van der Waals surface area (Å²) >= 11 is 1.61. The third kappa shape index (κ3) is 5.49. The van der Waals surface area contributed by atoms with E-state index in [0.29, 0.717) is 43.3 Å². The monoisotopic (exact) mass is 461 g/mol. The van der Waals surface area contributed by atoms with Crippen molar-refractivity contribution >= 4 is 28.1 Å². The molecule has 170 valence electrons. The van der Waals surface area contributed by atoms with E-state index in [9.17, 15) is 14.4 Å². The van der Waals surface area contributed by atoms with Gasteiger partial charge in [-0.25, -0.2) is 4.79 Å². The van der Waals surface area contributed by atoms with Crippen LogP contribution in [0, 0.1) is 6.92 Å². The number of thiophene rings is 1. The zero-order valence-corrected chi connectivity index (χ0v) is 19.4. The summed E-state index contributed by atoms with van der Waals surface area (Å²) in [5.41, 5.74) is 2.19. The molecular formula is C26H27N3O3S. The highest BCUT2D eigenvalue weighted by Gasteiger charge is 2.13. The molecule has 4 aromatic rings. The van der Waals surface area contributed by atoms with Gasteiger partial charge in [0.15, 0.2) is 0 Å². The molecule has 0 saturated carbocycles. The van der Waals surface area contributed by atoms with Crippen LogP contribution in [-0.2, 0) is 24.4 Å². The van der Waals surface area contributed by atoms with Crippen LogP contribution in [0.2, 0.25) is 0 Å². The van der Waals surface area contributed by atoms with Gasteiger partial charge in [0.2, 0.25) is 5.91 Å². The molecule has 0 saturated heterocycles. The van der Waals surface area contributed by atoms with Crippen LogP contribution >= 0.6 is 11.3 Å². The Balaban J connectivity index is 1.47. The van der Waals surface area contributed by atoms with E-state index < -0.39 is 0 Å². The number of rotatable bonds is 9. The number of carbonyl (C=O) groups is 1. The van der Waals surface area contributed by atoms with Gasteiger partial charge in [-0.1, -0.05) is 48.0 Å². The average molecular weight is 462 g/mol. The molecule has 2 aromatic carbocycles. The topological polar surface area (TPSA) is 73.1 Å². The Morgan fingerprint density at radius 2 is 1.73 bits per heavy atom. The van der Waals surface area contributed by atoms with Crippen LogP contribution in [0.1, 0.15) is 35.3 Å². The first-order chi connectivity index (χ1) is 16.0. The van der Waals surface area contributed by atoms with Crippen LogP contribution in [0.5, 0.6) is 0 Å². The molecule has 6 nitrogen and oxygen atoms in total. The molecule has 0 aliphatic heterocycles. The Morgan fingerprint density at radius 3 is 2.48 bits per heavy atom. The van der Waals surface area contributed by atoms with Crippen LogP contribution < -0.4 is 16.6 Å². The molecule has 0 bridgehead atoms. The van der Waals surface area contributed by atoms with Gasteiger partial charge in [0.25, 0.3) is 5.56 Å². The molecule has 0 radical (unpaired) electrons. The van der Waals surface area contributed by atoms with E-state index in [1.807, 2.05) is 66.9 Å². The fraction of sp³-hybridized carbons (Fsp3) is 0.269. The van der Waals surface area contributed by atoms with E-state index in [4.69, 9.17) is 0 Å². The standard InChI is InChI=1S/C26H27N3O3S/c1-19-11-13-20(14-12-19)18-29-23-9-3-2-8-22(23)25(31)28(26(29)32)15-5-4-10-24(30)27-17-21-7-6-16-33-21/h2-3,6-9,11-14,16H,4-5,10,15,17-18H2,1H3,(H,27,30). The lowest BCUT2D eigenvalue weighted by Crippen LogP contribution is -2.40. The first-order valence-electron chi connectivity index (χ1n) is 11.1. The predicted octanol–water partition coefficient (Wildman–Crippen LogP) is 4.07. The van der Waals surface area contributed by atoms with E-state index in [-0.39, 0.29) is 23.7 Å². The number of para-hydroxylation sites is 1. The van der Waals surface area contributed by atoms with Gasteiger partial charge >= 0.3 is 5.69 Å². The molecule has 0 aliphatic carbocycles. The Morgan fingerprint density at radius 1 is 0.939 bits per heavy atom. The Labute approximate surface area is 196 Å². The fourth-order valence-electron chi connectivity index (χ4n) is 3.84. The van der Waals surface area contributed by atoms with Crippen molar-refractivity contribution in [3.05, 3.63) is 103 Å². The quantitative estimate of drug-likeness (QED) is 0.382. The molecule has 0 unspecified atom stereocenters. The predicted molar refractivity (Wildman–Crippen MR) is 133 cm³/mol. The number of benzene rings is 2. The normalized spacial score (nSPS) is 11.1. The van der Waals surface area contributed by atoms with E-state index >= 15 is 0 Å². The largest absolute Gasteiger partial charge is 0.351 e. The van der Waals surface area contributed by atoms with Gasteiger partial charge in [0.1, 0.15) is 0 Å². The van der Waals surface area contributed by atoms with Gasteiger partial charge in [-0.05, 0) is 48.9 Å². The van der Waals surface area contributed by atoms with E-state index in [1.54, 1.807) is 22.0 Å². The Hall–Kier alpha value is -3.45. The first-order valence-corrected chi connectivity index (χ1v) is 12.0. The summed E-state index contributed by atoms with van der Waals surface area (Å²) in [6.45, 7) is 3.23. The number of hydrogen-bond donors (Lipinski definition) is 1. The Kier molecular flexibility index (Phi) is 7.19. The first kappa shape index (κ1) is 22.7. The van der Waals surface area contributed by atoms with Crippen molar-refractivity contribution in [2.75, 3.05) is 0 Å². The molecule has 1 N–H and O–H groups in total. The SMILES string of the molecule is Cc1ccc(Cn2c(=O)n(CCCCC(=O)NCc3cccs3)c(=O)c3ccccc32)cc1. The highest BCUT2D eigenvalue weighted by atomic mass is 32.1. The average Bonchev–Trinajstić information content (AvgIpc) is 3.35. The number of carbonyl (C=O) groups excluding carboxylic acids is 1. The van der Waals surface area contributed by atoms with Gasteiger partial charge in [-0.3, -0.25) is 18.7 Å². The van der Waals surface area contributed by atoms with E-state index in [0.717, 1.165) is 16.0 Å². The summed E-state index contributed by atoms with van der Waals surface area (Å²) in [7, 11) is 0. The molecular weight excluding hydrogens is 434 g/mol. The smallest absolute Gasteiger partial charge is 0.331 e. The minimum absolute atomic E-state index is 0.0222. The molecule has 4 rings (SSSR count). The summed E-state index contributed by atoms with van der Waals surface area (Å²) in [5, 5.41) is 5.41. The van der Waals surface area contributed by atoms with Gasteiger partial charge in [-0.15, -0.1) is 11.3 Å². The van der Waals surface area contributed by atoms with Crippen molar-refractivity contribution < 1.29 is 4.79 Å². The highest BCUT2D eigenvalue weighted by Crippen LogP contribution is 2.12. The van der Waals surface area contributed by atoms with E-state index in [2.05, 4.69) is 5.32 Å². The van der Waals surface area contributed by atoms with Gasteiger partial charge < -0.3 is 5.32 Å². The third-order valence-electron chi connectivity index (χ3n) is 5.67. The number of unbranched alkanes of at least 4 members (excludes halogenated alkanes) is 1. The van der Waals surface area contributed by atoms with Crippen molar-refractivity contribution in [2.45, 2.75) is 45.8 Å². The third-order valence-corrected chi connectivity index (χ3v) is 6.55. The molecule has 0 aliphatic rings. The molecule has 0 fully saturated rings. The number of hydrogen-bond acceptors (Lipinski definition) is 4. The molecule has 1 amide bonds. The molecule has 2 heterocycles. The van der Waals surface area contributed by atoms with Crippen LogP contribution in [0.15, 0.2) is 75.6 Å².